The maximum Gasteiger partial charge on any atom is 0.0972 e. The third kappa shape index (κ3) is 5.85. The summed E-state index contributed by atoms with van der Waals surface area (Å²) < 4.78 is 2.60. The maximum atomic E-state index is 5.30. The number of pyridine rings is 2. The van der Waals surface area contributed by atoms with Crippen molar-refractivity contribution in [2.45, 2.75) is 6.92 Å². The Kier molecular flexibility index (Phi) is 8.23. The van der Waals surface area contributed by atoms with E-state index in [0.717, 1.165) is 77.8 Å². The standard InChI is InChI=1S/C54H35N3S/c1-34(55-49-20-9-7-16-43(49)46-18-11-19-47-45-17-8-10-21-51(45)58-54(46)47)35-22-24-36(25-23-35)40-30-31-44(42-15-6-5-14-41(40)42)50-33-29-39-27-26-38-28-32-48(37-12-3-2-4-13-37)56-52(38)53(39)57-50/h2-33H,1H3/b55-34+. The Labute approximate surface area is 340 Å². The van der Waals surface area contributed by atoms with Gasteiger partial charge in [-0.1, -0.05) is 170 Å². The minimum Gasteiger partial charge on any atom is -0.252 e. The van der Waals surface area contributed by atoms with Crippen LogP contribution in [0.5, 0.6) is 0 Å². The Morgan fingerprint density at radius 2 is 1.00 bits per heavy atom. The zero-order chi connectivity index (χ0) is 38.6. The van der Waals surface area contributed by atoms with Crippen LogP contribution in [0.2, 0.25) is 0 Å². The lowest BCUT2D eigenvalue weighted by atomic mass is 9.93. The Hall–Kier alpha value is -7.27. The van der Waals surface area contributed by atoms with Gasteiger partial charge in [-0.25, -0.2) is 9.97 Å². The van der Waals surface area contributed by atoms with E-state index in [9.17, 15) is 0 Å². The number of thiophene rings is 1. The molecule has 0 aliphatic rings. The summed E-state index contributed by atoms with van der Waals surface area (Å²) in [4.78, 5) is 15.7. The van der Waals surface area contributed by atoms with Crippen molar-refractivity contribution in [1.82, 2.24) is 9.97 Å². The molecule has 0 aliphatic heterocycles. The summed E-state index contributed by atoms with van der Waals surface area (Å²) >= 11 is 1.85. The molecule has 0 fully saturated rings. The number of rotatable bonds is 6. The van der Waals surface area contributed by atoms with Crippen molar-refractivity contribution in [2.75, 3.05) is 0 Å². The van der Waals surface area contributed by atoms with E-state index in [-0.39, 0.29) is 0 Å². The summed E-state index contributed by atoms with van der Waals surface area (Å²) in [5.74, 6) is 0. The lowest BCUT2D eigenvalue weighted by Gasteiger charge is -2.13. The van der Waals surface area contributed by atoms with Crippen LogP contribution >= 0.6 is 11.3 Å². The summed E-state index contributed by atoms with van der Waals surface area (Å²) in [7, 11) is 0. The quantitative estimate of drug-likeness (QED) is 0.125. The SMILES string of the molecule is C/C(=N\c1ccccc1-c1cccc2c1sc1ccccc12)c1ccc(-c2ccc(-c3ccc4ccc5ccc(-c6ccccc6)nc5c4n3)c3ccccc23)cc1. The number of hydrogen-bond acceptors (Lipinski definition) is 4. The Morgan fingerprint density at radius 1 is 0.414 bits per heavy atom. The topological polar surface area (TPSA) is 38.1 Å². The fourth-order valence-electron chi connectivity index (χ4n) is 8.36. The van der Waals surface area contributed by atoms with Crippen LogP contribution in [0.4, 0.5) is 5.69 Å². The van der Waals surface area contributed by atoms with E-state index in [4.69, 9.17) is 15.0 Å². The Balaban J connectivity index is 0.940. The molecule has 58 heavy (non-hydrogen) atoms. The second kappa shape index (κ2) is 14.0. The molecule has 11 aromatic rings. The predicted octanol–water partition coefficient (Wildman–Crippen LogP) is 15.1. The van der Waals surface area contributed by atoms with Gasteiger partial charge in [0.05, 0.1) is 28.1 Å². The summed E-state index contributed by atoms with van der Waals surface area (Å²) in [6, 6.07) is 68.9. The molecule has 0 N–H and O–H groups in total. The minimum absolute atomic E-state index is 0.910. The fraction of sp³-hybridized carbons (Fsp3) is 0.0185. The van der Waals surface area contributed by atoms with Crippen molar-refractivity contribution in [1.29, 1.82) is 0 Å². The van der Waals surface area contributed by atoms with E-state index < -0.39 is 0 Å². The molecule has 272 valence electrons. The second-order valence-electron chi connectivity index (χ2n) is 14.7. The molecule has 3 aromatic heterocycles. The number of hydrogen-bond donors (Lipinski definition) is 0. The zero-order valence-corrected chi connectivity index (χ0v) is 32.5. The number of para-hydroxylation sites is 1. The largest absolute Gasteiger partial charge is 0.252 e. The molecule has 0 spiro atoms. The van der Waals surface area contributed by atoms with E-state index in [1.165, 1.54) is 36.7 Å². The molecule has 11 rings (SSSR count). The van der Waals surface area contributed by atoms with E-state index in [1.54, 1.807) is 0 Å². The summed E-state index contributed by atoms with van der Waals surface area (Å²) in [5.41, 5.74) is 13.6. The van der Waals surface area contributed by atoms with Gasteiger partial charge in [-0.3, -0.25) is 4.99 Å². The van der Waals surface area contributed by atoms with Crippen LogP contribution in [-0.4, -0.2) is 15.7 Å². The summed E-state index contributed by atoms with van der Waals surface area (Å²) in [5, 5.41) is 7.10. The van der Waals surface area contributed by atoms with Crippen molar-refractivity contribution < 1.29 is 0 Å². The molecule has 4 heteroatoms. The van der Waals surface area contributed by atoms with Gasteiger partial charge in [0.1, 0.15) is 0 Å². The highest BCUT2D eigenvalue weighted by molar-refractivity contribution is 7.26. The van der Waals surface area contributed by atoms with E-state index >= 15 is 0 Å². The maximum absolute atomic E-state index is 5.30. The molecule has 0 amide bonds. The molecule has 0 saturated carbocycles. The van der Waals surface area contributed by atoms with E-state index in [1.807, 2.05) is 17.4 Å². The third-order valence-electron chi connectivity index (χ3n) is 11.3. The van der Waals surface area contributed by atoms with Gasteiger partial charge >= 0.3 is 0 Å². The van der Waals surface area contributed by atoms with Gasteiger partial charge in [0.25, 0.3) is 0 Å². The molecule has 0 unspecified atom stereocenters. The average Bonchev–Trinajstić information content (AvgIpc) is 3.68. The number of aliphatic imine (C=N–C) groups is 1. The number of fused-ring (bicyclic) bond motifs is 7. The molecule has 0 aliphatic carbocycles. The highest BCUT2D eigenvalue weighted by Crippen LogP contribution is 2.43. The van der Waals surface area contributed by atoms with Crippen LogP contribution in [0.15, 0.2) is 199 Å². The first-order chi connectivity index (χ1) is 28.7. The predicted molar refractivity (Wildman–Crippen MR) is 247 cm³/mol. The average molecular weight is 758 g/mol. The molecule has 0 radical (unpaired) electrons. The molecule has 0 atom stereocenters. The summed E-state index contributed by atoms with van der Waals surface area (Å²) in [6.07, 6.45) is 0. The van der Waals surface area contributed by atoms with Crippen LogP contribution in [0.25, 0.3) is 97.5 Å². The van der Waals surface area contributed by atoms with Crippen LogP contribution in [0.3, 0.4) is 0 Å². The first kappa shape index (κ1) is 34.0. The van der Waals surface area contributed by atoms with Crippen LogP contribution in [-0.2, 0) is 0 Å². The third-order valence-corrected chi connectivity index (χ3v) is 12.5. The first-order valence-electron chi connectivity index (χ1n) is 19.6. The number of benzene rings is 8. The van der Waals surface area contributed by atoms with Crippen molar-refractivity contribution in [3.05, 3.63) is 200 Å². The first-order valence-corrected chi connectivity index (χ1v) is 20.4. The van der Waals surface area contributed by atoms with E-state index in [0.29, 0.717) is 0 Å². The minimum atomic E-state index is 0.910. The lowest BCUT2D eigenvalue weighted by molar-refractivity contribution is 1.37. The van der Waals surface area contributed by atoms with Gasteiger partial charge in [0, 0.05) is 58.9 Å². The van der Waals surface area contributed by atoms with Crippen molar-refractivity contribution in [2.24, 2.45) is 4.99 Å². The lowest BCUT2D eigenvalue weighted by Crippen LogP contribution is -1.95. The van der Waals surface area contributed by atoms with Gasteiger partial charge < -0.3 is 0 Å². The molecular weight excluding hydrogens is 723 g/mol. The zero-order valence-electron chi connectivity index (χ0n) is 31.7. The van der Waals surface area contributed by atoms with Crippen molar-refractivity contribution in [3.63, 3.8) is 0 Å². The van der Waals surface area contributed by atoms with Gasteiger partial charge in [0.2, 0.25) is 0 Å². The van der Waals surface area contributed by atoms with Crippen LogP contribution < -0.4 is 0 Å². The van der Waals surface area contributed by atoms with Crippen molar-refractivity contribution in [3.8, 4) is 44.8 Å². The van der Waals surface area contributed by atoms with E-state index in [2.05, 4.69) is 195 Å². The number of aromatic nitrogens is 2. The molecule has 3 heterocycles. The molecule has 8 aromatic carbocycles. The Morgan fingerprint density at radius 3 is 1.79 bits per heavy atom. The Bertz CT molecular complexity index is 3400. The highest BCUT2D eigenvalue weighted by atomic mass is 32.1. The van der Waals surface area contributed by atoms with Gasteiger partial charge in [-0.05, 0) is 58.7 Å². The molecule has 0 bridgehead atoms. The van der Waals surface area contributed by atoms with Crippen molar-refractivity contribution >= 4 is 75.5 Å². The second-order valence-corrected chi connectivity index (χ2v) is 15.8. The smallest absolute Gasteiger partial charge is 0.0972 e. The van der Waals surface area contributed by atoms with Gasteiger partial charge in [0.15, 0.2) is 0 Å². The normalized spacial score (nSPS) is 12.0. The van der Waals surface area contributed by atoms with Crippen LogP contribution in [0.1, 0.15) is 12.5 Å². The highest BCUT2D eigenvalue weighted by Gasteiger charge is 2.15. The molecule has 3 nitrogen and oxygen atoms in total. The van der Waals surface area contributed by atoms with Gasteiger partial charge in [-0.15, -0.1) is 11.3 Å². The van der Waals surface area contributed by atoms with Gasteiger partial charge in [-0.2, -0.15) is 0 Å². The molecule has 0 saturated heterocycles. The summed E-state index contributed by atoms with van der Waals surface area (Å²) in [6.45, 7) is 2.10. The molecular formula is C54H35N3S. The number of nitrogens with zero attached hydrogens (tertiary/aromatic N) is 3. The monoisotopic (exact) mass is 757 g/mol. The van der Waals surface area contributed by atoms with Crippen LogP contribution in [0, 0.1) is 0 Å². The fourth-order valence-corrected chi connectivity index (χ4v) is 9.59.